The average molecular weight is 391 g/mol. The second kappa shape index (κ2) is 7.20. The highest BCUT2D eigenvalue weighted by Gasteiger charge is 2.34. The smallest absolute Gasteiger partial charge is 0.243 e. The first kappa shape index (κ1) is 18.4. The summed E-state index contributed by atoms with van der Waals surface area (Å²) in [6, 6.07) is 5.33. The minimum absolute atomic E-state index is 0.0727. The third kappa shape index (κ3) is 3.70. The largest absolute Gasteiger partial charge is 0.353 e. The number of benzene rings is 1. The molecule has 2 aromatic rings. The van der Waals surface area contributed by atoms with Gasteiger partial charge in [-0.2, -0.15) is 4.31 Å². The number of aryl methyl sites for hydroxylation is 1. The van der Waals surface area contributed by atoms with Gasteiger partial charge in [-0.1, -0.05) is 12.1 Å². The van der Waals surface area contributed by atoms with Gasteiger partial charge < -0.3 is 5.32 Å². The van der Waals surface area contributed by atoms with E-state index in [2.05, 4.69) is 22.6 Å². The van der Waals surface area contributed by atoms with Crippen LogP contribution in [0.5, 0.6) is 0 Å². The van der Waals surface area contributed by atoms with Crippen LogP contribution in [0, 0.1) is 5.92 Å². The zero-order valence-corrected chi connectivity index (χ0v) is 16.3. The molecule has 0 spiro atoms. The number of hydrogen-bond donors (Lipinski definition) is 1. The molecule has 0 bridgehead atoms. The molecule has 27 heavy (non-hydrogen) atoms. The van der Waals surface area contributed by atoms with Crippen LogP contribution in [-0.4, -0.2) is 52.8 Å². The predicted octanol–water partition coefficient (Wildman–Crippen LogP) is 1.52. The number of nitrogens with zero attached hydrogens (tertiary/aromatic N) is 4. The molecule has 146 valence electrons. The second-order valence-electron chi connectivity index (χ2n) is 7.42. The molecule has 0 atom stereocenters. The first-order valence-corrected chi connectivity index (χ1v) is 11.1. The van der Waals surface area contributed by atoms with Crippen molar-refractivity contribution in [2.45, 2.75) is 56.5 Å². The fourth-order valence-electron chi connectivity index (χ4n) is 3.54. The highest BCUT2D eigenvalue weighted by atomic mass is 32.2. The Morgan fingerprint density at radius 3 is 2.63 bits per heavy atom. The molecule has 9 heteroatoms. The molecule has 1 aliphatic carbocycles. The minimum Gasteiger partial charge on any atom is -0.353 e. The Morgan fingerprint density at radius 2 is 1.96 bits per heavy atom. The van der Waals surface area contributed by atoms with Gasteiger partial charge >= 0.3 is 0 Å². The van der Waals surface area contributed by atoms with Crippen molar-refractivity contribution < 1.29 is 13.2 Å². The van der Waals surface area contributed by atoms with E-state index in [1.54, 1.807) is 22.9 Å². The van der Waals surface area contributed by atoms with Gasteiger partial charge in [0.25, 0.3) is 0 Å². The van der Waals surface area contributed by atoms with Gasteiger partial charge in [0.2, 0.25) is 15.9 Å². The monoisotopic (exact) mass is 391 g/mol. The number of nitrogens with one attached hydrogen (secondary N) is 1. The van der Waals surface area contributed by atoms with E-state index in [4.69, 9.17) is 0 Å². The number of amides is 1. The number of hydrogen-bond acceptors (Lipinski definition) is 5. The van der Waals surface area contributed by atoms with Gasteiger partial charge in [-0.15, -0.1) is 5.10 Å². The molecule has 8 nitrogen and oxygen atoms in total. The fraction of sp³-hybridized carbons (Fsp3) is 0.611. The maximum absolute atomic E-state index is 13.0. The molecule has 2 aliphatic rings. The Hall–Kier alpha value is -2.00. The van der Waals surface area contributed by atoms with Crippen LogP contribution in [-0.2, 0) is 21.4 Å². The van der Waals surface area contributed by atoms with Crippen LogP contribution in [0.2, 0.25) is 0 Å². The number of fused-ring (bicyclic) bond motifs is 1. The number of carbonyl (C=O) groups excluding carboxylic acids is 1. The predicted molar refractivity (Wildman–Crippen MR) is 100 cm³/mol. The maximum atomic E-state index is 13.0. The van der Waals surface area contributed by atoms with Crippen molar-refractivity contribution in [3.8, 4) is 0 Å². The zero-order valence-electron chi connectivity index (χ0n) is 15.5. The van der Waals surface area contributed by atoms with Crippen LogP contribution in [0.15, 0.2) is 23.1 Å². The molecular weight excluding hydrogens is 366 g/mol. The summed E-state index contributed by atoms with van der Waals surface area (Å²) in [7, 11) is -3.59. The van der Waals surface area contributed by atoms with Crippen molar-refractivity contribution in [2.24, 2.45) is 5.92 Å². The molecule has 1 amide bonds. The first-order valence-electron chi connectivity index (χ1n) is 9.63. The van der Waals surface area contributed by atoms with Gasteiger partial charge in [0, 0.05) is 31.6 Å². The maximum Gasteiger partial charge on any atom is 0.243 e. The Morgan fingerprint density at radius 1 is 1.22 bits per heavy atom. The van der Waals surface area contributed by atoms with Crippen molar-refractivity contribution in [3.63, 3.8) is 0 Å². The van der Waals surface area contributed by atoms with Gasteiger partial charge in [0.15, 0.2) is 0 Å². The fourth-order valence-corrected chi connectivity index (χ4v) is 5.03. The van der Waals surface area contributed by atoms with Crippen molar-refractivity contribution >= 4 is 27.0 Å². The van der Waals surface area contributed by atoms with Crippen LogP contribution in [0.1, 0.15) is 39.0 Å². The van der Waals surface area contributed by atoms with Crippen LogP contribution in [0.4, 0.5) is 0 Å². The molecule has 1 aliphatic heterocycles. The number of rotatable bonds is 6. The lowest BCUT2D eigenvalue weighted by Crippen LogP contribution is -2.43. The molecule has 0 unspecified atom stereocenters. The summed E-state index contributed by atoms with van der Waals surface area (Å²) >= 11 is 0. The third-order valence-electron chi connectivity index (χ3n) is 5.31. The molecule has 1 saturated heterocycles. The van der Waals surface area contributed by atoms with E-state index in [1.165, 1.54) is 4.31 Å². The Kier molecular flexibility index (Phi) is 4.90. The van der Waals surface area contributed by atoms with Crippen LogP contribution in [0.3, 0.4) is 0 Å². The highest BCUT2D eigenvalue weighted by molar-refractivity contribution is 7.89. The molecule has 2 heterocycles. The average Bonchev–Trinajstić information content (AvgIpc) is 3.40. The van der Waals surface area contributed by atoms with E-state index in [9.17, 15) is 13.2 Å². The normalized spacial score (nSPS) is 19.4. The molecule has 1 aromatic carbocycles. The van der Waals surface area contributed by atoms with E-state index in [0.717, 1.165) is 31.3 Å². The molecule has 0 radical (unpaired) electrons. The van der Waals surface area contributed by atoms with Gasteiger partial charge in [-0.25, -0.2) is 13.1 Å². The van der Waals surface area contributed by atoms with Gasteiger partial charge in [0.1, 0.15) is 5.52 Å². The Balaban J connectivity index is 1.46. The van der Waals surface area contributed by atoms with E-state index in [0.29, 0.717) is 37.5 Å². The first-order chi connectivity index (χ1) is 13.0. The number of carbonyl (C=O) groups is 1. The molecule has 4 rings (SSSR count). The van der Waals surface area contributed by atoms with E-state index in [1.807, 2.05) is 0 Å². The van der Waals surface area contributed by atoms with Crippen LogP contribution < -0.4 is 5.32 Å². The van der Waals surface area contributed by atoms with Crippen molar-refractivity contribution in [3.05, 3.63) is 18.2 Å². The number of aromatic nitrogens is 3. The zero-order chi connectivity index (χ0) is 19.0. The quantitative estimate of drug-likeness (QED) is 0.805. The third-order valence-corrected chi connectivity index (χ3v) is 7.20. The second-order valence-corrected chi connectivity index (χ2v) is 9.36. The lowest BCUT2D eigenvalue weighted by molar-refractivity contribution is -0.126. The summed E-state index contributed by atoms with van der Waals surface area (Å²) in [6.45, 7) is 3.54. The summed E-state index contributed by atoms with van der Waals surface area (Å²) < 4.78 is 29.3. The summed E-state index contributed by atoms with van der Waals surface area (Å²) in [4.78, 5) is 12.4. The topological polar surface area (TPSA) is 97.2 Å². The number of piperidine rings is 1. The minimum atomic E-state index is -3.59. The van der Waals surface area contributed by atoms with E-state index >= 15 is 0 Å². The molecule has 1 N–H and O–H groups in total. The summed E-state index contributed by atoms with van der Waals surface area (Å²) in [5.74, 6) is -0.0167. The Bertz CT molecular complexity index is 943. The summed E-state index contributed by atoms with van der Waals surface area (Å²) in [5, 5.41) is 11.2. The SMILES string of the molecule is CCCn1nnc2cc(S(=O)(=O)N3CCC(C(=O)NC4CC4)CC3)ccc21. The van der Waals surface area contributed by atoms with Crippen LogP contribution in [0.25, 0.3) is 11.0 Å². The molecular formula is C18H25N5O3S. The molecule has 1 aromatic heterocycles. The Labute approximate surface area is 159 Å². The molecule has 2 fully saturated rings. The van der Waals surface area contributed by atoms with Gasteiger partial charge in [-0.3, -0.25) is 4.79 Å². The van der Waals surface area contributed by atoms with Crippen molar-refractivity contribution in [1.29, 1.82) is 0 Å². The van der Waals surface area contributed by atoms with E-state index < -0.39 is 10.0 Å². The molecule has 1 saturated carbocycles. The van der Waals surface area contributed by atoms with Crippen molar-refractivity contribution in [1.82, 2.24) is 24.6 Å². The summed E-state index contributed by atoms with van der Waals surface area (Å²) in [5.41, 5.74) is 1.43. The van der Waals surface area contributed by atoms with Crippen molar-refractivity contribution in [2.75, 3.05) is 13.1 Å². The van der Waals surface area contributed by atoms with Gasteiger partial charge in [-0.05, 0) is 50.3 Å². The number of sulfonamides is 1. The lowest BCUT2D eigenvalue weighted by atomic mass is 9.97. The standard InChI is InChI=1S/C18H25N5O3S/c1-2-9-23-17-6-5-15(12-16(17)20-21-23)27(25,26)22-10-7-13(8-11-22)18(24)19-14-3-4-14/h5-6,12-14H,2-4,7-11H2,1H3,(H,19,24). The van der Waals surface area contributed by atoms with Gasteiger partial charge in [0.05, 0.1) is 10.4 Å². The van der Waals surface area contributed by atoms with Crippen LogP contribution >= 0.6 is 0 Å². The summed E-state index contributed by atoms with van der Waals surface area (Å²) in [6.07, 6.45) is 4.18. The lowest BCUT2D eigenvalue weighted by Gasteiger charge is -2.30. The highest BCUT2D eigenvalue weighted by Crippen LogP contribution is 2.27. The van der Waals surface area contributed by atoms with E-state index in [-0.39, 0.29) is 16.7 Å².